The topological polar surface area (TPSA) is 30.5 Å². The van der Waals surface area contributed by atoms with Gasteiger partial charge in [0, 0.05) is 24.4 Å². The summed E-state index contributed by atoms with van der Waals surface area (Å²) in [7, 11) is 1.64. The average Bonchev–Trinajstić information content (AvgIpc) is 2.39. The van der Waals surface area contributed by atoms with Gasteiger partial charge in [-0.15, -0.1) is 0 Å². The van der Waals surface area contributed by atoms with E-state index in [-0.39, 0.29) is 5.60 Å². The van der Waals surface area contributed by atoms with Crippen LogP contribution in [0.15, 0.2) is 18.2 Å². The summed E-state index contributed by atoms with van der Waals surface area (Å²) in [5, 5.41) is 4.24. The third kappa shape index (κ3) is 2.67. The van der Waals surface area contributed by atoms with Gasteiger partial charge in [0.2, 0.25) is 0 Å². The van der Waals surface area contributed by atoms with E-state index in [2.05, 4.69) is 5.32 Å². The summed E-state index contributed by atoms with van der Waals surface area (Å²) in [6.07, 6.45) is 5.91. The third-order valence-electron chi connectivity index (χ3n) is 4.28. The van der Waals surface area contributed by atoms with Crippen molar-refractivity contribution in [3.8, 4) is 5.75 Å². The molecule has 0 bridgehead atoms. The fourth-order valence-corrected chi connectivity index (χ4v) is 3.25. The van der Waals surface area contributed by atoms with E-state index in [1.165, 1.54) is 19.3 Å². The van der Waals surface area contributed by atoms with Crippen LogP contribution < -0.4 is 10.1 Å². The van der Waals surface area contributed by atoms with Crippen molar-refractivity contribution in [1.82, 2.24) is 0 Å². The van der Waals surface area contributed by atoms with E-state index in [1.54, 1.807) is 7.11 Å². The Hall–Kier alpha value is -0.930. The number of ether oxygens (including phenoxy) is 2. The first-order valence-corrected chi connectivity index (χ1v) is 7.33. The molecule has 0 amide bonds. The minimum absolute atomic E-state index is 0.173. The minimum atomic E-state index is 0.173. The van der Waals surface area contributed by atoms with Crippen molar-refractivity contribution < 1.29 is 9.47 Å². The molecule has 1 aliphatic carbocycles. The summed E-state index contributed by atoms with van der Waals surface area (Å²) in [5.74, 6) is 0.720. The molecule has 1 saturated carbocycles. The van der Waals surface area contributed by atoms with Crippen LogP contribution >= 0.6 is 11.6 Å². The molecule has 1 aliphatic heterocycles. The largest absolute Gasteiger partial charge is 0.495 e. The molecule has 19 heavy (non-hydrogen) atoms. The van der Waals surface area contributed by atoms with E-state index < -0.39 is 0 Å². The van der Waals surface area contributed by atoms with E-state index in [4.69, 9.17) is 21.1 Å². The van der Waals surface area contributed by atoms with Crippen molar-refractivity contribution in [2.24, 2.45) is 0 Å². The lowest BCUT2D eigenvalue weighted by Gasteiger charge is -2.47. The Labute approximate surface area is 119 Å². The second-order valence-electron chi connectivity index (χ2n) is 5.57. The van der Waals surface area contributed by atoms with Crippen molar-refractivity contribution in [3.63, 3.8) is 0 Å². The number of hydrogen-bond acceptors (Lipinski definition) is 3. The van der Waals surface area contributed by atoms with Gasteiger partial charge in [0.15, 0.2) is 0 Å². The maximum atomic E-state index is 6.04. The van der Waals surface area contributed by atoms with Crippen molar-refractivity contribution in [1.29, 1.82) is 0 Å². The predicted octanol–water partition coefficient (Wildman–Crippen LogP) is 3.86. The molecule has 0 aromatic heterocycles. The smallest absolute Gasteiger partial charge is 0.139 e. The second-order valence-corrected chi connectivity index (χ2v) is 5.98. The zero-order valence-electron chi connectivity index (χ0n) is 11.2. The van der Waals surface area contributed by atoms with Gasteiger partial charge in [0.05, 0.1) is 17.7 Å². The highest BCUT2D eigenvalue weighted by Crippen LogP contribution is 2.43. The Bertz CT molecular complexity index is 459. The molecule has 1 aromatic rings. The van der Waals surface area contributed by atoms with Crippen LogP contribution in [0.5, 0.6) is 5.75 Å². The minimum Gasteiger partial charge on any atom is -0.495 e. The molecule has 1 aromatic carbocycles. The zero-order chi connectivity index (χ0) is 13.3. The Morgan fingerprint density at radius 3 is 2.95 bits per heavy atom. The highest BCUT2D eigenvalue weighted by Gasteiger charge is 2.42. The molecule has 1 N–H and O–H groups in total. The van der Waals surface area contributed by atoms with Gasteiger partial charge in [0.25, 0.3) is 0 Å². The number of hydrogen-bond donors (Lipinski definition) is 1. The first-order chi connectivity index (χ1) is 9.21. The van der Waals surface area contributed by atoms with Crippen LogP contribution in [-0.4, -0.2) is 25.4 Å². The number of halogens is 1. The van der Waals surface area contributed by atoms with Crippen LogP contribution in [0, 0.1) is 0 Å². The fraction of sp³-hybridized carbons (Fsp3) is 0.600. The van der Waals surface area contributed by atoms with Gasteiger partial charge >= 0.3 is 0 Å². The van der Waals surface area contributed by atoms with Gasteiger partial charge in [-0.1, -0.05) is 11.6 Å². The Kier molecular flexibility index (Phi) is 3.59. The number of nitrogens with one attached hydrogen (secondary N) is 1. The average molecular weight is 282 g/mol. The molecule has 3 nitrogen and oxygen atoms in total. The first kappa shape index (κ1) is 13.1. The van der Waals surface area contributed by atoms with Crippen LogP contribution in [0.1, 0.15) is 32.1 Å². The van der Waals surface area contributed by atoms with Gasteiger partial charge in [-0.2, -0.15) is 0 Å². The molecule has 4 heteroatoms. The lowest BCUT2D eigenvalue weighted by Crippen LogP contribution is -2.48. The Balaban J connectivity index is 1.67. The summed E-state index contributed by atoms with van der Waals surface area (Å²) >= 11 is 6.04. The zero-order valence-corrected chi connectivity index (χ0v) is 12.0. The van der Waals surface area contributed by atoms with Crippen molar-refractivity contribution in [3.05, 3.63) is 23.2 Å². The third-order valence-corrected chi connectivity index (χ3v) is 4.59. The molecule has 1 atom stereocenters. The number of rotatable bonds is 3. The lowest BCUT2D eigenvalue weighted by atomic mass is 9.74. The molecule has 1 unspecified atom stereocenters. The van der Waals surface area contributed by atoms with Gasteiger partial charge in [-0.3, -0.25) is 0 Å². The SMILES string of the molecule is COc1cc(NC2CCOC3(CCC3)C2)ccc1Cl. The molecular weight excluding hydrogens is 262 g/mol. The number of anilines is 1. The van der Waals surface area contributed by atoms with Gasteiger partial charge < -0.3 is 14.8 Å². The van der Waals surface area contributed by atoms with Crippen LogP contribution in [0.2, 0.25) is 5.02 Å². The van der Waals surface area contributed by atoms with Crippen LogP contribution in [-0.2, 0) is 4.74 Å². The molecule has 3 rings (SSSR count). The maximum absolute atomic E-state index is 6.04. The van der Waals surface area contributed by atoms with Crippen LogP contribution in [0.25, 0.3) is 0 Å². The van der Waals surface area contributed by atoms with Crippen molar-refractivity contribution in [2.45, 2.75) is 43.7 Å². The van der Waals surface area contributed by atoms with Gasteiger partial charge in [-0.05, 0) is 44.2 Å². The summed E-state index contributed by atoms with van der Waals surface area (Å²) in [4.78, 5) is 0. The highest BCUT2D eigenvalue weighted by atomic mass is 35.5. The first-order valence-electron chi connectivity index (χ1n) is 6.95. The normalized spacial score (nSPS) is 24.8. The lowest BCUT2D eigenvalue weighted by molar-refractivity contribution is -0.130. The van der Waals surface area contributed by atoms with E-state index in [0.29, 0.717) is 11.1 Å². The quantitative estimate of drug-likeness (QED) is 0.912. The predicted molar refractivity (Wildman–Crippen MR) is 77.2 cm³/mol. The second kappa shape index (κ2) is 5.22. The fourth-order valence-electron chi connectivity index (χ4n) is 3.06. The highest BCUT2D eigenvalue weighted by molar-refractivity contribution is 6.32. The van der Waals surface area contributed by atoms with Crippen molar-refractivity contribution >= 4 is 17.3 Å². The van der Waals surface area contributed by atoms with E-state index >= 15 is 0 Å². The summed E-state index contributed by atoms with van der Waals surface area (Å²) in [6.45, 7) is 0.863. The number of benzene rings is 1. The summed E-state index contributed by atoms with van der Waals surface area (Å²) in [5.41, 5.74) is 1.24. The monoisotopic (exact) mass is 281 g/mol. The molecule has 2 aliphatic rings. The van der Waals surface area contributed by atoms with Crippen LogP contribution in [0.4, 0.5) is 5.69 Å². The standard InChI is InChI=1S/C15H20ClNO2/c1-18-14-9-11(3-4-13(14)16)17-12-5-8-19-15(10-12)6-2-7-15/h3-4,9,12,17H,2,5-8,10H2,1H3. The molecular formula is C15H20ClNO2. The molecule has 1 saturated heterocycles. The Morgan fingerprint density at radius 2 is 2.26 bits per heavy atom. The molecule has 1 spiro atoms. The van der Waals surface area contributed by atoms with Crippen LogP contribution in [0.3, 0.4) is 0 Å². The maximum Gasteiger partial charge on any atom is 0.139 e. The summed E-state index contributed by atoms with van der Waals surface area (Å²) < 4.78 is 11.2. The van der Waals surface area contributed by atoms with E-state index in [1.807, 2.05) is 18.2 Å². The van der Waals surface area contributed by atoms with Crippen molar-refractivity contribution in [2.75, 3.05) is 19.0 Å². The number of methoxy groups -OCH3 is 1. The van der Waals surface area contributed by atoms with E-state index in [9.17, 15) is 0 Å². The molecule has 0 radical (unpaired) electrons. The molecule has 104 valence electrons. The van der Waals surface area contributed by atoms with Gasteiger partial charge in [-0.25, -0.2) is 0 Å². The molecule has 1 heterocycles. The molecule has 2 fully saturated rings. The summed E-state index contributed by atoms with van der Waals surface area (Å²) in [6, 6.07) is 6.33. The Morgan fingerprint density at radius 1 is 1.42 bits per heavy atom. The van der Waals surface area contributed by atoms with Gasteiger partial charge in [0.1, 0.15) is 5.75 Å². The van der Waals surface area contributed by atoms with E-state index in [0.717, 1.165) is 30.9 Å².